The first-order valence-electron chi connectivity index (χ1n) is 5.92. The summed E-state index contributed by atoms with van der Waals surface area (Å²) >= 11 is 6.55. The van der Waals surface area contributed by atoms with E-state index >= 15 is 0 Å². The predicted molar refractivity (Wildman–Crippen MR) is 82.0 cm³/mol. The molecule has 0 atom stereocenters. The highest BCUT2D eigenvalue weighted by molar-refractivity contribution is 7.73. The molecule has 0 saturated carbocycles. The number of benzene rings is 1. The highest BCUT2D eigenvalue weighted by atomic mass is 32.1. The fourth-order valence-electron chi connectivity index (χ4n) is 1.75. The van der Waals surface area contributed by atoms with Crippen molar-refractivity contribution in [3.05, 3.63) is 33.8 Å². The van der Waals surface area contributed by atoms with Crippen LogP contribution in [-0.4, -0.2) is 14.7 Å². The highest BCUT2D eigenvalue weighted by Crippen LogP contribution is 2.32. The Morgan fingerprint density at radius 1 is 1.30 bits per heavy atom. The van der Waals surface area contributed by atoms with Gasteiger partial charge < -0.3 is 14.8 Å². The lowest BCUT2D eigenvalue weighted by atomic mass is 10.1. The van der Waals surface area contributed by atoms with Crippen molar-refractivity contribution in [1.29, 1.82) is 0 Å². The van der Waals surface area contributed by atoms with Gasteiger partial charge in [-0.25, -0.2) is 0 Å². The van der Waals surface area contributed by atoms with Crippen molar-refractivity contribution in [2.24, 2.45) is 7.05 Å². The van der Waals surface area contributed by atoms with Crippen LogP contribution in [0, 0.1) is 10.9 Å². The van der Waals surface area contributed by atoms with Crippen molar-refractivity contribution in [3.8, 4) is 22.2 Å². The maximum Gasteiger partial charge on any atom is 0.272 e. The number of aromatic nitrogens is 3. The molecule has 0 saturated heterocycles. The van der Waals surface area contributed by atoms with E-state index in [4.69, 9.17) is 22.5 Å². The third-order valence-corrected chi connectivity index (χ3v) is 4.55. The molecule has 0 radical (unpaired) electrons. The summed E-state index contributed by atoms with van der Waals surface area (Å²) in [5.74, 6) is 1.48. The minimum Gasteiger partial charge on any atom is -0.384 e. The summed E-state index contributed by atoms with van der Waals surface area (Å²) in [6.45, 7) is 2.03. The van der Waals surface area contributed by atoms with Crippen LogP contribution in [0.15, 0.2) is 28.8 Å². The Balaban J connectivity index is 2.04. The molecule has 5 nitrogen and oxygen atoms in total. The first-order valence-corrected chi connectivity index (χ1v) is 7.15. The Labute approximate surface area is 124 Å². The number of anilines is 1. The molecular formula is C13H12N4OS2. The van der Waals surface area contributed by atoms with Crippen LogP contribution in [0.4, 0.5) is 5.82 Å². The molecule has 1 aromatic carbocycles. The maximum absolute atomic E-state index is 5.98. The zero-order valence-corrected chi connectivity index (χ0v) is 12.6. The normalized spacial score (nSPS) is 10.9. The molecule has 2 aromatic heterocycles. The van der Waals surface area contributed by atoms with E-state index < -0.39 is 0 Å². The van der Waals surface area contributed by atoms with E-state index in [9.17, 15) is 0 Å². The molecule has 0 aliphatic rings. The second kappa shape index (κ2) is 4.84. The van der Waals surface area contributed by atoms with E-state index in [1.807, 2.05) is 38.2 Å². The molecule has 2 heterocycles. The van der Waals surface area contributed by atoms with Crippen LogP contribution in [-0.2, 0) is 7.05 Å². The van der Waals surface area contributed by atoms with Crippen LogP contribution in [0.3, 0.4) is 0 Å². The summed E-state index contributed by atoms with van der Waals surface area (Å²) < 4.78 is 7.70. The van der Waals surface area contributed by atoms with Gasteiger partial charge in [0.15, 0.2) is 3.95 Å². The Kier molecular flexibility index (Phi) is 3.15. The third kappa shape index (κ3) is 2.14. The summed E-state index contributed by atoms with van der Waals surface area (Å²) in [5, 5.41) is 3.99. The number of rotatable bonds is 2. The van der Waals surface area contributed by atoms with Crippen molar-refractivity contribution in [1.82, 2.24) is 14.7 Å². The summed E-state index contributed by atoms with van der Waals surface area (Å²) in [6, 6.07) is 7.93. The summed E-state index contributed by atoms with van der Waals surface area (Å²) in [7, 11) is 1.81. The van der Waals surface area contributed by atoms with Gasteiger partial charge in [0.05, 0.1) is 0 Å². The third-order valence-electron chi connectivity index (χ3n) is 2.99. The van der Waals surface area contributed by atoms with Gasteiger partial charge in [0.25, 0.3) is 5.89 Å². The topological polar surface area (TPSA) is 69.9 Å². The van der Waals surface area contributed by atoms with Crippen LogP contribution in [0.2, 0.25) is 0 Å². The largest absolute Gasteiger partial charge is 0.384 e. The first-order chi connectivity index (χ1) is 9.56. The van der Waals surface area contributed by atoms with E-state index in [-0.39, 0.29) is 0 Å². The standard InChI is InChI=1S/C13H12N4OS2/c1-7-3-5-8(6-4-7)11-15-12(18-16-11)9-10(14)17(2)13(19)20-9/h3-6H,14H2,1-2H3. The predicted octanol–water partition coefficient (Wildman–Crippen LogP) is 3.42. The van der Waals surface area contributed by atoms with Gasteiger partial charge >= 0.3 is 0 Å². The summed E-state index contributed by atoms with van der Waals surface area (Å²) in [6.07, 6.45) is 0. The van der Waals surface area contributed by atoms with Gasteiger partial charge in [0, 0.05) is 12.6 Å². The molecule has 0 aliphatic heterocycles. The van der Waals surface area contributed by atoms with Gasteiger partial charge in [0.1, 0.15) is 10.7 Å². The average molecular weight is 304 g/mol. The highest BCUT2D eigenvalue weighted by Gasteiger charge is 2.17. The van der Waals surface area contributed by atoms with Crippen LogP contribution in [0.25, 0.3) is 22.2 Å². The first kappa shape index (κ1) is 13.0. The smallest absolute Gasteiger partial charge is 0.272 e. The average Bonchev–Trinajstić information content (AvgIpc) is 3.01. The van der Waals surface area contributed by atoms with E-state index in [0.717, 1.165) is 5.56 Å². The number of aryl methyl sites for hydroxylation is 1. The molecule has 0 spiro atoms. The molecule has 20 heavy (non-hydrogen) atoms. The Morgan fingerprint density at radius 2 is 2.00 bits per heavy atom. The van der Waals surface area contributed by atoms with Crippen molar-refractivity contribution in [2.45, 2.75) is 6.92 Å². The molecule has 0 bridgehead atoms. The van der Waals surface area contributed by atoms with Gasteiger partial charge in [-0.05, 0) is 19.1 Å². The van der Waals surface area contributed by atoms with Gasteiger partial charge in [-0.3, -0.25) is 0 Å². The minimum absolute atomic E-state index is 0.398. The number of hydrogen-bond donors (Lipinski definition) is 1. The van der Waals surface area contributed by atoms with Crippen molar-refractivity contribution < 1.29 is 4.52 Å². The molecule has 102 valence electrons. The molecule has 3 rings (SSSR count). The van der Waals surface area contributed by atoms with Crippen molar-refractivity contribution in [3.63, 3.8) is 0 Å². The van der Waals surface area contributed by atoms with E-state index in [2.05, 4.69) is 10.1 Å². The lowest BCUT2D eigenvalue weighted by molar-refractivity contribution is 0.433. The number of nitrogens with two attached hydrogens (primary N) is 1. The van der Waals surface area contributed by atoms with Gasteiger partial charge in [-0.15, -0.1) is 0 Å². The quantitative estimate of drug-likeness (QED) is 0.735. The van der Waals surface area contributed by atoms with Gasteiger partial charge in [-0.1, -0.05) is 46.3 Å². The number of thiazole rings is 1. The van der Waals surface area contributed by atoms with E-state index in [1.54, 1.807) is 4.57 Å². The molecule has 3 aromatic rings. The zero-order valence-electron chi connectivity index (χ0n) is 11.0. The zero-order chi connectivity index (χ0) is 14.3. The van der Waals surface area contributed by atoms with Crippen LogP contribution < -0.4 is 5.73 Å². The maximum atomic E-state index is 5.98. The molecule has 0 amide bonds. The SMILES string of the molecule is Cc1ccc(-c2noc(-c3sc(=S)n(C)c3N)n2)cc1. The van der Waals surface area contributed by atoms with Crippen LogP contribution in [0.5, 0.6) is 0 Å². The van der Waals surface area contributed by atoms with E-state index in [1.165, 1.54) is 16.9 Å². The Hall–Kier alpha value is -1.99. The lowest BCUT2D eigenvalue weighted by Gasteiger charge is -1.95. The van der Waals surface area contributed by atoms with Gasteiger partial charge in [0.2, 0.25) is 5.82 Å². The molecule has 2 N–H and O–H groups in total. The Bertz CT molecular complexity index is 814. The second-order valence-electron chi connectivity index (χ2n) is 4.43. The molecule has 0 fully saturated rings. The number of nitrogens with zero attached hydrogens (tertiary/aromatic N) is 3. The monoisotopic (exact) mass is 304 g/mol. The van der Waals surface area contributed by atoms with E-state index in [0.29, 0.717) is 26.4 Å². The number of hydrogen-bond acceptors (Lipinski definition) is 6. The van der Waals surface area contributed by atoms with Gasteiger partial charge in [-0.2, -0.15) is 4.98 Å². The Morgan fingerprint density at radius 3 is 2.60 bits per heavy atom. The molecule has 7 heteroatoms. The minimum atomic E-state index is 0.398. The lowest BCUT2D eigenvalue weighted by Crippen LogP contribution is -1.96. The summed E-state index contributed by atoms with van der Waals surface area (Å²) in [4.78, 5) is 5.10. The van der Waals surface area contributed by atoms with Crippen molar-refractivity contribution >= 4 is 29.4 Å². The second-order valence-corrected chi connectivity index (χ2v) is 6.07. The fraction of sp³-hybridized carbons (Fsp3) is 0.154. The van der Waals surface area contributed by atoms with Crippen molar-refractivity contribution in [2.75, 3.05) is 5.73 Å². The number of nitrogen functional groups attached to an aromatic ring is 1. The molecular weight excluding hydrogens is 292 g/mol. The molecule has 0 unspecified atom stereocenters. The van der Waals surface area contributed by atoms with Crippen LogP contribution >= 0.6 is 23.6 Å². The van der Waals surface area contributed by atoms with Crippen LogP contribution in [0.1, 0.15) is 5.56 Å². The molecule has 0 aliphatic carbocycles. The fourth-order valence-corrected chi connectivity index (χ4v) is 2.92. The summed E-state index contributed by atoms with van der Waals surface area (Å²) in [5.41, 5.74) is 8.07.